The van der Waals surface area contributed by atoms with Crippen LogP contribution in [0.15, 0.2) is 110 Å². The molecule has 0 unspecified atom stereocenters. The molecular formula is C40H34N10O8. The number of aliphatic carboxylic acids is 4. The molecule has 9 heterocycles. The fourth-order valence-electron chi connectivity index (χ4n) is 6.38. The first-order valence-electron chi connectivity index (χ1n) is 17.7. The standard InChI is InChI=1S/C40H34N10O8/c51-33(52)19-47-29-9-1-25(2-10-29)17-26-3-11-30(12-4-26)48(20-34(53)54)39-43-24-44-40(46-39)50(22-36(57)58)32-15-7-28(8-16-32)18-27-5-13-31(14-6-27)49(21-35(55)56)38-42-23-41-37(47)45-38/h1-16,23-24H,17-22H2,(H,51,52)(H,53,54)(H,55,56)(H,57,58). The number of anilines is 8. The lowest BCUT2D eigenvalue weighted by molar-refractivity contribution is -0.136. The predicted octanol–water partition coefficient (Wildman–Crippen LogP) is 4.44. The molecule has 4 aromatic carbocycles. The van der Waals surface area contributed by atoms with Gasteiger partial charge in [-0.15, -0.1) is 0 Å². The Labute approximate surface area is 330 Å². The van der Waals surface area contributed by atoms with Gasteiger partial charge < -0.3 is 20.4 Å². The zero-order valence-corrected chi connectivity index (χ0v) is 30.5. The van der Waals surface area contributed by atoms with E-state index >= 15 is 0 Å². The van der Waals surface area contributed by atoms with E-state index in [4.69, 9.17) is 0 Å². The second-order valence-electron chi connectivity index (χ2n) is 13.1. The highest BCUT2D eigenvalue weighted by molar-refractivity contribution is 5.80. The third-order valence-electron chi connectivity index (χ3n) is 9.04. The summed E-state index contributed by atoms with van der Waals surface area (Å²) in [5.74, 6) is -4.59. The lowest BCUT2D eigenvalue weighted by Crippen LogP contribution is -2.30. The number of hydrogen-bond acceptors (Lipinski definition) is 14. The van der Waals surface area contributed by atoms with Crippen molar-refractivity contribution in [1.29, 1.82) is 0 Å². The number of rotatable bonds is 8. The fraction of sp³-hybridized carbons (Fsp3) is 0.150. The molecule has 0 saturated carbocycles. The molecule has 0 atom stereocenters. The Morgan fingerprint density at radius 3 is 0.776 bits per heavy atom. The third-order valence-corrected chi connectivity index (χ3v) is 9.04. The van der Waals surface area contributed by atoms with Crippen molar-refractivity contribution < 1.29 is 39.6 Å². The minimum absolute atomic E-state index is 0.00233. The number of carboxylic acids is 4. The van der Waals surface area contributed by atoms with Gasteiger partial charge in [0, 0.05) is 22.7 Å². The quantitative estimate of drug-likeness (QED) is 0.167. The van der Waals surface area contributed by atoms with E-state index in [-0.39, 0.29) is 23.8 Å². The van der Waals surface area contributed by atoms with Crippen LogP contribution in [0.4, 0.5) is 46.5 Å². The molecule has 7 aliphatic heterocycles. The summed E-state index contributed by atoms with van der Waals surface area (Å²) in [5.41, 5.74) is 5.39. The number of hydrogen-bond donors (Lipinski definition) is 4. The molecule has 12 bridgehead atoms. The molecule has 0 spiro atoms. The molecular weight excluding hydrogens is 749 g/mol. The molecule has 0 radical (unpaired) electrons. The third kappa shape index (κ3) is 9.08. The smallest absolute Gasteiger partial charge is 0.323 e. The maximum Gasteiger partial charge on any atom is 0.323 e. The molecule has 18 heteroatoms. The van der Waals surface area contributed by atoms with Crippen LogP contribution in [0.2, 0.25) is 0 Å². The summed E-state index contributed by atoms with van der Waals surface area (Å²) in [6.07, 6.45) is 3.33. The summed E-state index contributed by atoms with van der Waals surface area (Å²) in [5, 5.41) is 39.3. The van der Waals surface area contributed by atoms with Crippen molar-refractivity contribution in [2.45, 2.75) is 12.8 Å². The van der Waals surface area contributed by atoms with Crippen LogP contribution >= 0.6 is 0 Å². The maximum absolute atomic E-state index is 12.0. The second kappa shape index (κ2) is 16.8. The van der Waals surface area contributed by atoms with E-state index in [1.165, 1.54) is 32.3 Å². The highest BCUT2D eigenvalue weighted by atomic mass is 16.4. The van der Waals surface area contributed by atoms with Gasteiger partial charge in [-0.25, -0.2) is 19.9 Å². The summed E-state index contributed by atoms with van der Waals surface area (Å²) >= 11 is 0. The molecule has 2 aromatic heterocycles. The van der Waals surface area contributed by atoms with Gasteiger partial charge in [0.25, 0.3) is 0 Å². The average molecular weight is 783 g/mol. The molecule has 0 fully saturated rings. The van der Waals surface area contributed by atoms with Crippen molar-refractivity contribution in [1.82, 2.24) is 29.9 Å². The van der Waals surface area contributed by atoms with Gasteiger partial charge in [0.1, 0.15) is 38.8 Å². The van der Waals surface area contributed by atoms with Crippen molar-refractivity contribution in [3.05, 3.63) is 132 Å². The number of nitrogens with zero attached hydrogens (tertiary/aromatic N) is 10. The largest absolute Gasteiger partial charge is 0.480 e. The molecule has 0 amide bonds. The summed E-state index contributed by atoms with van der Waals surface area (Å²) in [6.45, 7) is -1.98. The zero-order chi connectivity index (χ0) is 40.8. The molecule has 0 aliphatic carbocycles. The topological polar surface area (TPSA) is 239 Å². The van der Waals surface area contributed by atoms with Gasteiger partial charge in [-0.05, 0) is 83.6 Å². The van der Waals surface area contributed by atoms with Gasteiger partial charge >= 0.3 is 23.9 Å². The van der Waals surface area contributed by atoms with Crippen LogP contribution < -0.4 is 19.6 Å². The molecule has 6 aromatic rings. The SMILES string of the molecule is O=C(O)CN1c2ccc(cc2)Cc2ccc(cc2)N(CC(=O)O)c2ncnc(n2)N(CC(=O)O)c2ccc(cc2)Cc2ccc(cc2)N(CC(=O)O)c2ncnc1n2. The Bertz CT molecular complexity index is 2120. The summed E-state index contributed by atoms with van der Waals surface area (Å²) in [7, 11) is 0. The van der Waals surface area contributed by atoms with Crippen LogP contribution in [-0.4, -0.2) is 100 Å². The van der Waals surface area contributed by atoms with E-state index in [0.29, 0.717) is 35.6 Å². The maximum atomic E-state index is 12.0. The predicted molar refractivity (Wildman–Crippen MR) is 210 cm³/mol. The average Bonchev–Trinajstić information content (AvgIpc) is 3.21. The highest BCUT2D eigenvalue weighted by Crippen LogP contribution is 2.30. The lowest BCUT2D eigenvalue weighted by Gasteiger charge is -2.25. The second-order valence-corrected chi connectivity index (χ2v) is 13.1. The van der Waals surface area contributed by atoms with Crippen molar-refractivity contribution in [2.24, 2.45) is 0 Å². The van der Waals surface area contributed by atoms with Crippen LogP contribution in [0.5, 0.6) is 0 Å². The highest BCUT2D eigenvalue weighted by Gasteiger charge is 2.23. The number of carbonyl (C=O) groups is 4. The molecule has 18 nitrogen and oxygen atoms in total. The minimum atomic E-state index is -1.15. The van der Waals surface area contributed by atoms with Crippen molar-refractivity contribution in [3.8, 4) is 0 Å². The van der Waals surface area contributed by atoms with Gasteiger partial charge in [-0.3, -0.25) is 38.8 Å². The normalized spacial score (nSPS) is 12.7. The Hall–Kier alpha value is -8.02. The molecule has 13 rings (SSSR count). The minimum Gasteiger partial charge on any atom is -0.480 e. The van der Waals surface area contributed by atoms with E-state index in [0.717, 1.165) is 22.3 Å². The van der Waals surface area contributed by atoms with Crippen molar-refractivity contribution >= 4 is 70.4 Å². The molecule has 292 valence electrons. The van der Waals surface area contributed by atoms with Crippen molar-refractivity contribution in [3.63, 3.8) is 0 Å². The molecule has 7 aliphatic rings. The van der Waals surface area contributed by atoms with Crippen LogP contribution in [0.25, 0.3) is 0 Å². The van der Waals surface area contributed by atoms with E-state index in [1.807, 2.05) is 48.5 Å². The van der Waals surface area contributed by atoms with E-state index in [2.05, 4.69) is 29.9 Å². The number of benzene rings is 4. The van der Waals surface area contributed by atoms with Gasteiger partial charge in [0.05, 0.1) is 0 Å². The zero-order valence-electron chi connectivity index (χ0n) is 30.5. The molecule has 0 saturated heterocycles. The Morgan fingerprint density at radius 2 is 0.586 bits per heavy atom. The van der Waals surface area contributed by atoms with E-state index < -0.39 is 50.1 Å². The van der Waals surface area contributed by atoms with Gasteiger partial charge in [-0.2, -0.15) is 9.97 Å². The summed E-state index contributed by atoms with van der Waals surface area (Å²) in [6, 6.07) is 28.4. The lowest BCUT2D eigenvalue weighted by atomic mass is 10.0. The Morgan fingerprint density at radius 1 is 0.379 bits per heavy atom. The fourth-order valence-corrected chi connectivity index (χ4v) is 6.38. The van der Waals surface area contributed by atoms with Gasteiger partial charge in [0.15, 0.2) is 0 Å². The number of carboxylic acid groups (broad SMARTS) is 4. The summed E-state index contributed by atoms with van der Waals surface area (Å²) in [4.78, 5) is 79.7. The van der Waals surface area contributed by atoms with Gasteiger partial charge in [-0.1, -0.05) is 48.5 Å². The van der Waals surface area contributed by atoms with Gasteiger partial charge in [0.2, 0.25) is 23.8 Å². The van der Waals surface area contributed by atoms with E-state index in [9.17, 15) is 39.6 Å². The molecule has 58 heavy (non-hydrogen) atoms. The summed E-state index contributed by atoms with van der Waals surface area (Å²) < 4.78 is 0. The Balaban J connectivity index is 1.32. The van der Waals surface area contributed by atoms with Crippen molar-refractivity contribution in [2.75, 3.05) is 45.8 Å². The number of aromatic nitrogens is 6. The monoisotopic (exact) mass is 782 g/mol. The van der Waals surface area contributed by atoms with E-state index in [1.54, 1.807) is 48.5 Å². The van der Waals surface area contributed by atoms with Crippen LogP contribution in [0.1, 0.15) is 22.3 Å². The first-order valence-corrected chi connectivity index (χ1v) is 17.7. The Kier molecular flexibility index (Phi) is 11.1. The first-order chi connectivity index (χ1) is 28.0. The molecule has 4 N–H and O–H groups in total. The van der Waals surface area contributed by atoms with Crippen LogP contribution in [0.3, 0.4) is 0 Å². The first kappa shape index (κ1) is 38.3. The van der Waals surface area contributed by atoms with Crippen LogP contribution in [-0.2, 0) is 32.0 Å². The van der Waals surface area contributed by atoms with Crippen LogP contribution in [0, 0.1) is 0 Å².